The van der Waals surface area contributed by atoms with Crippen LogP contribution in [0.3, 0.4) is 0 Å². The van der Waals surface area contributed by atoms with Gasteiger partial charge in [0.15, 0.2) is 17.3 Å². The molecule has 0 spiro atoms. The Bertz CT molecular complexity index is 1350. The van der Waals surface area contributed by atoms with E-state index in [1.165, 1.54) is 4.90 Å². The van der Waals surface area contributed by atoms with E-state index in [0.717, 1.165) is 0 Å². The first kappa shape index (κ1) is 8.58. The first-order valence-corrected chi connectivity index (χ1v) is 9.01. The third-order valence-electron chi connectivity index (χ3n) is 4.89. The van der Waals surface area contributed by atoms with E-state index in [9.17, 15) is 4.79 Å². The highest BCUT2D eigenvalue weighted by atomic mass is 16.5. The first-order chi connectivity index (χ1) is 19.1. The van der Waals surface area contributed by atoms with Gasteiger partial charge in [-0.25, -0.2) is 0 Å². The van der Waals surface area contributed by atoms with E-state index in [-0.39, 0.29) is 25.9 Å². The van der Waals surface area contributed by atoms with E-state index in [4.69, 9.17) is 28.7 Å². The second kappa shape index (κ2) is 8.36. The predicted octanol–water partition coefficient (Wildman–Crippen LogP) is 4.36. The number of methoxy groups -OCH3 is 2. The van der Waals surface area contributed by atoms with Crippen LogP contribution in [0, 0.1) is 11.8 Å². The fraction of sp³-hybridized carbons (Fsp3) is 0.458. The van der Waals surface area contributed by atoms with Crippen molar-refractivity contribution in [2.75, 3.05) is 27.2 Å². The Balaban J connectivity index is 1.71. The third-order valence-corrected chi connectivity index (χ3v) is 4.89. The van der Waals surface area contributed by atoms with Gasteiger partial charge in [-0.1, -0.05) is 30.3 Å². The van der Waals surface area contributed by atoms with Gasteiger partial charge in [-0.15, -0.1) is 0 Å². The molecule has 1 atom stereocenters. The van der Waals surface area contributed by atoms with E-state index in [1.54, 1.807) is 30.3 Å². The Morgan fingerprint density at radius 2 is 1.89 bits per heavy atom. The minimum Gasteiger partial charge on any atom is -0.493 e. The molecule has 0 bridgehead atoms. The summed E-state index contributed by atoms with van der Waals surface area (Å²) in [7, 11) is -6.51. The number of ketones is 1. The van der Waals surface area contributed by atoms with E-state index < -0.39 is 85.6 Å². The fourth-order valence-electron chi connectivity index (χ4n) is 3.46. The summed E-state index contributed by atoms with van der Waals surface area (Å²) in [5.74, 6) is -6.30. The fourth-order valence-corrected chi connectivity index (χ4v) is 3.46. The highest BCUT2D eigenvalue weighted by Gasteiger charge is 2.34. The Kier molecular flexibility index (Phi) is 2.56. The molecule has 4 nitrogen and oxygen atoms in total. The lowest BCUT2D eigenvalue weighted by molar-refractivity contribution is 0.0895. The minimum atomic E-state index is -3.26. The molecule has 1 heterocycles. The van der Waals surface area contributed by atoms with Crippen molar-refractivity contribution in [3.8, 4) is 11.5 Å². The molecule has 0 aromatic heterocycles. The average Bonchev–Trinajstić information content (AvgIpc) is 3.09. The SMILES string of the molecule is [2H]c1c(OC([2H])([2H])[2H])c(OC([2H])([2H])[2H])c([2H])c2c1C(=O)C(C([2H])([2H])C1CCN(C([2H])([2H])c3ccccc3)CC1)C2([2H])[2H]. The van der Waals surface area contributed by atoms with Crippen LogP contribution in [0.25, 0.3) is 0 Å². The maximum Gasteiger partial charge on any atom is 0.166 e. The highest BCUT2D eigenvalue weighted by molar-refractivity contribution is 6.02. The number of hydrogen-bond acceptors (Lipinski definition) is 4. The average molecular weight is 394 g/mol. The normalized spacial score (nSPS) is 31.3. The van der Waals surface area contributed by atoms with Gasteiger partial charge in [-0.05, 0) is 67.8 Å². The molecule has 1 aliphatic carbocycles. The number of carbonyl (C=O) groups excluding carboxylic acids is 1. The standard InChI is InChI=1S/C24H29NO3/c1-27-22-14-19-13-20(24(26)21(19)15-23(22)28-2)12-17-8-10-25(11-9-17)16-18-6-4-3-5-7-18/h3-7,14-15,17,20H,8-13,16H2,1-2H3/i1D3,2D3,12D2,13D2,14D,15D,16D2. The summed E-state index contributed by atoms with van der Waals surface area (Å²) in [5.41, 5.74) is -1.13. The second-order valence-electron chi connectivity index (χ2n) is 6.71. The summed E-state index contributed by atoms with van der Waals surface area (Å²) in [6, 6.07) is 6.39. The molecular weight excluding hydrogens is 350 g/mol. The number of hydrogen-bond donors (Lipinski definition) is 0. The molecule has 2 aliphatic rings. The maximum absolute atomic E-state index is 13.7. The Hall–Kier alpha value is -2.33. The van der Waals surface area contributed by atoms with Crippen molar-refractivity contribution in [3.63, 3.8) is 0 Å². The molecule has 4 heteroatoms. The second-order valence-corrected chi connectivity index (χ2v) is 6.71. The van der Waals surface area contributed by atoms with Crippen molar-refractivity contribution in [1.82, 2.24) is 4.90 Å². The van der Waals surface area contributed by atoms with Crippen LogP contribution in [0.4, 0.5) is 0 Å². The van der Waals surface area contributed by atoms with Crippen molar-refractivity contribution >= 4 is 5.78 Å². The van der Waals surface area contributed by atoms with Crippen LogP contribution >= 0.6 is 0 Å². The molecule has 2 aromatic carbocycles. The number of benzene rings is 2. The lowest BCUT2D eigenvalue weighted by Gasteiger charge is -2.32. The molecule has 1 saturated heterocycles. The van der Waals surface area contributed by atoms with E-state index in [0.29, 0.717) is 5.56 Å². The lowest BCUT2D eigenvalue weighted by Crippen LogP contribution is -2.34. The van der Waals surface area contributed by atoms with Gasteiger partial charge >= 0.3 is 0 Å². The van der Waals surface area contributed by atoms with Crippen LogP contribution in [-0.4, -0.2) is 37.8 Å². The lowest BCUT2D eigenvalue weighted by atomic mass is 9.85. The summed E-state index contributed by atoms with van der Waals surface area (Å²) < 4.78 is 124. The van der Waals surface area contributed by atoms with Gasteiger partial charge in [0.2, 0.25) is 0 Å². The quantitative estimate of drug-likeness (QED) is 0.731. The van der Waals surface area contributed by atoms with Crippen molar-refractivity contribution in [1.29, 1.82) is 0 Å². The van der Waals surface area contributed by atoms with Gasteiger partial charge < -0.3 is 9.47 Å². The molecule has 0 N–H and O–H groups in total. The van der Waals surface area contributed by atoms with Gasteiger partial charge in [-0.2, -0.15) is 0 Å². The summed E-state index contributed by atoms with van der Waals surface area (Å²) in [6.07, 6.45) is -5.33. The van der Waals surface area contributed by atoms with Crippen molar-refractivity contribution in [2.24, 2.45) is 11.8 Å². The summed E-state index contributed by atoms with van der Waals surface area (Å²) in [6.45, 7) is -1.65. The molecule has 148 valence electrons. The number of ether oxygens (including phenoxy) is 2. The van der Waals surface area contributed by atoms with Crippen LogP contribution in [0.1, 0.15) is 59.9 Å². The molecule has 1 fully saturated rings. The molecule has 1 aliphatic heterocycles. The summed E-state index contributed by atoms with van der Waals surface area (Å²) >= 11 is 0. The molecule has 1 unspecified atom stereocenters. The van der Waals surface area contributed by atoms with Gasteiger partial charge in [-0.3, -0.25) is 9.69 Å². The Morgan fingerprint density at radius 1 is 1.18 bits per heavy atom. The molecule has 28 heavy (non-hydrogen) atoms. The maximum atomic E-state index is 13.7. The number of fused-ring (bicyclic) bond motifs is 1. The van der Waals surface area contributed by atoms with E-state index >= 15 is 0 Å². The Labute approximate surface area is 187 Å². The number of carbonyl (C=O) groups is 1. The summed E-state index contributed by atoms with van der Waals surface area (Å²) in [4.78, 5) is 15.2. The monoisotopic (exact) mass is 393 g/mol. The Morgan fingerprint density at radius 3 is 2.61 bits per heavy atom. The largest absolute Gasteiger partial charge is 0.493 e. The summed E-state index contributed by atoms with van der Waals surface area (Å²) in [5, 5.41) is 0. The molecule has 0 radical (unpaired) electrons. The van der Waals surface area contributed by atoms with Crippen LogP contribution in [0.2, 0.25) is 0 Å². The number of likely N-dealkylation sites (tertiary alicyclic amines) is 1. The first-order valence-electron chi connectivity index (χ1n) is 16.0. The van der Waals surface area contributed by atoms with Crippen molar-refractivity contribution in [2.45, 2.75) is 32.1 Å². The van der Waals surface area contributed by atoms with Crippen LogP contribution in [-0.2, 0) is 12.9 Å². The molecule has 0 saturated carbocycles. The van der Waals surface area contributed by atoms with E-state index in [2.05, 4.69) is 0 Å². The van der Waals surface area contributed by atoms with Gasteiger partial charge in [0.25, 0.3) is 0 Å². The van der Waals surface area contributed by atoms with Crippen LogP contribution in [0.5, 0.6) is 11.5 Å². The molecule has 4 rings (SSSR count). The smallest absolute Gasteiger partial charge is 0.166 e. The number of nitrogens with zero attached hydrogens (tertiary/aromatic N) is 1. The van der Waals surface area contributed by atoms with Gasteiger partial charge in [0.1, 0.15) is 0 Å². The highest BCUT2D eigenvalue weighted by Crippen LogP contribution is 2.39. The number of rotatable bonds is 6. The molecule has 2 aromatic rings. The molecule has 0 amide bonds. The predicted molar refractivity (Wildman–Crippen MR) is 110 cm³/mol. The zero-order valence-electron chi connectivity index (χ0n) is 29.0. The zero-order valence-corrected chi connectivity index (χ0v) is 15.0. The van der Waals surface area contributed by atoms with Gasteiger partial charge in [0, 0.05) is 26.2 Å². The van der Waals surface area contributed by atoms with Crippen molar-refractivity contribution in [3.05, 3.63) is 59.1 Å². The number of Topliss-reactive ketones (excluding diaryl/α,β-unsaturated/α-hetero) is 1. The topological polar surface area (TPSA) is 38.8 Å². The third kappa shape index (κ3) is 3.93. The van der Waals surface area contributed by atoms with E-state index in [1.807, 2.05) is 0 Å². The molecular formula is C24H29NO3. The van der Waals surface area contributed by atoms with Crippen molar-refractivity contribution < 1.29 is 33.5 Å². The van der Waals surface area contributed by atoms with Gasteiger partial charge in [0.05, 0.1) is 25.0 Å². The minimum absolute atomic E-state index is 0.0673. The zero-order chi connectivity index (χ0) is 31.6. The van der Waals surface area contributed by atoms with Crippen LogP contribution < -0.4 is 9.47 Å². The van der Waals surface area contributed by atoms with Crippen LogP contribution in [0.15, 0.2) is 42.4 Å². The number of piperidine rings is 1.